The summed E-state index contributed by atoms with van der Waals surface area (Å²) in [5.41, 5.74) is 3.65. The van der Waals surface area contributed by atoms with Crippen molar-refractivity contribution in [2.24, 2.45) is 20.0 Å². The Bertz CT molecular complexity index is 1470. The lowest BCUT2D eigenvalue weighted by Gasteiger charge is -2.09. The van der Waals surface area contributed by atoms with Gasteiger partial charge in [0.1, 0.15) is 5.82 Å². The lowest BCUT2D eigenvalue weighted by Crippen LogP contribution is -2.11. The van der Waals surface area contributed by atoms with Crippen molar-refractivity contribution in [2.45, 2.75) is 18.0 Å². The molecule has 0 spiro atoms. The van der Waals surface area contributed by atoms with Gasteiger partial charge in [-0.25, -0.2) is 8.42 Å². The van der Waals surface area contributed by atoms with E-state index in [2.05, 4.69) is 14.8 Å². The summed E-state index contributed by atoms with van der Waals surface area (Å²) in [5, 5.41) is 10.2. The van der Waals surface area contributed by atoms with E-state index in [1.807, 2.05) is 73.3 Å². The number of Topliss-reactive ketones (excluding diaryl/α,β-unsaturated/α-hetero) is 1. The molecule has 1 saturated heterocycles. The molecule has 2 aromatic carbocycles. The number of fused-ring (bicyclic) bond motifs is 1. The normalized spacial score (nSPS) is 17.4. The fourth-order valence-corrected chi connectivity index (χ4v) is 7.42. The molecule has 0 bridgehead atoms. The van der Waals surface area contributed by atoms with Crippen LogP contribution in [0.5, 0.6) is 0 Å². The quantitative estimate of drug-likeness (QED) is 0.286. The van der Waals surface area contributed by atoms with Crippen LogP contribution in [-0.4, -0.2) is 50.8 Å². The lowest BCUT2D eigenvalue weighted by atomic mass is 10.0. The van der Waals surface area contributed by atoms with E-state index in [9.17, 15) is 13.2 Å². The summed E-state index contributed by atoms with van der Waals surface area (Å²) < 4.78 is 27.5. The number of aromatic nitrogens is 4. The third kappa shape index (κ3) is 4.30. The minimum absolute atomic E-state index is 0.0343. The summed E-state index contributed by atoms with van der Waals surface area (Å²) in [4.78, 5) is 13.5. The van der Waals surface area contributed by atoms with Crippen LogP contribution in [0.1, 0.15) is 22.6 Å². The number of aryl methyl sites for hydroxylation is 1. The minimum Gasteiger partial charge on any atom is -0.343 e. The van der Waals surface area contributed by atoms with Gasteiger partial charge in [-0.05, 0) is 24.0 Å². The SMILES string of the molecule is Cn1c(C[C@@H]2CCS(=O)(=O)C2)nnc1SCC(=O)c1c(-c2ccccc2)n(C)c2ccccc12. The molecule has 1 fully saturated rings. The van der Waals surface area contributed by atoms with E-state index in [-0.39, 0.29) is 29.0 Å². The van der Waals surface area contributed by atoms with Crippen LogP contribution in [0.3, 0.4) is 0 Å². The predicted molar refractivity (Wildman–Crippen MR) is 135 cm³/mol. The van der Waals surface area contributed by atoms with Crippen molar-refractivity contribution in [3.05, 3.63) is 66.0 Å². The molecule has 1 atom stereocenters. The fraction of sp³-hybridized carbons (Fsp3) is 0.320. The maximum absolute atomic E-state index is 13.5. The van der Waals surface area contributed by atoms with Gasteiger partial charge in [0.25, 0.3) is 0 Å². The molecule has 3 heterocycles. The van der Waals surface area contributed by atoms with Gasteiger partial charge in [-0.15, -0.1) is 10.2 Å². The molecule has 1 aliphatic heterocycles. The highest BCUT2D eigenvalue weighted by Crippen LogP contribution is 2.34. The first-order chi connectivity index (χ1) is 16.3. The van der Waals surface area contributed by atoms with Gasteiger partial charge < -0.3 is 9.13 Å². The largest absolute Gasteiger partial charge is 0.343 e. The number of hydrogen-bond donors (Lipinski definition) is 0. The third-order valence-electron chi connectivity index (χ3n) is 6.49. The van der Waals surface area contributed by atoms with Crippen molar-refractivity contribution in [3.63, 3.8) is 0 Å². The van der Waals surface area contributed by atoms with Crippen LogP contribution >= 0.6 is 11.8 Å². The van der Waals surface area contributed by atoms with Crippen molar-refractivity contribution < 1.29 is 13.2 Å². The summed E-state index contributed by atoms with van der Waals surface area (Å²) in [5.74, 6) is 1.57. The minimum atomic E-state index is -2.93. The number of thioether (sulfide) groups is 1. The number of ketones is 1. The number of hydrogen-bond acceptors (Lipinski definition) is 6. The molecule has 176 valence electrons. The third-order valence-corrected chi connectivity index (χ3v) is 9.35. The topological polar surface area (TPSA) is 86.8 Å². The van der Waals surface area contributed by atoms with Gasteiger partial charge in [-0.1, -0.05) is 60.3 Å². The average molecular weight is 495 g/mol. The van der Waals surface area contributed by atoms with Gasteiger partial charge in [0, 0.05) is 31.4 Å². The Hall–Kier alpha value is -2.91. The Labute approximate surface area is 203 Å². The van der Waals surface area contributed by atoms with Crippen LogP contribution in [0.15, 0.2) is 59.8 Å². The number of rotatable bonds is 7. The molecule has 7 nitrogen and oxygen atoms in total. The number of carbonyl (C=O) groups is 1. The van der Waals surface area contributed by atoms with Crippen molar-refractivity contribution in [3.8, 4) is 11.3 Å². The zero-order valence-corrected chi connectivity index (χ0v) is 20.8. The molecule has 2 aromatic heterocycles. The summed E-state index contributed by atoms with van der Waals surface area (Å²) in [7, 11) is 0.941. The molecule has 9 heteroatoms. The highest BCUT2D eigenvalue weighted by atomic mass is 32.2. The monoisotopic (exact) mass is 494 g/mol. The molecule has 0 aliphatic carbocycles. The molecule has 5 rings (SSSR count). The van der Waals surface area contributed by atoms with E-state index in [0.29, 0.717) is 18.0 Å². The number of benzene rings is 2. The van der Waals surface area contributed by atoms with E-state index in [0.717, 1.165) is 33.5 Å². The average Bonchev–Trinajstić information content (AvgIpc) is 3.46. The Morgan fingerprint density at radius 2 is 1.76 bits per heavy atom. The number of sulfone groups is 1. The van der Waals surface area contributed by atoms with Gasteiger partial charge >= 0.3 is 0 Å². The van der Waals surface area contributed by atoms with E-state index in [1.165, 1.54) is 11.8 Å². The zero-order chi connectivity index (χ0) is 23.9. The molecule has 0 radical (unpaired) electrons. The standard InChI is InChI=1S/C25H26N4O3S2/c1-28-20-11-7-6-10-19(20)23(24(28)18-8-4-3-5-9-18)21(30)15-33-25-27-26-22(29(25)2)14-17-12-13-34(31,32)16-17/h3-11,17H,12-16H2,1-2H3/t17-/m0/s1. The Morgan fingerprint density at radius 3 is 2.50 bits per heavy atom. The smallest absolute Gasteiger partial charge is 0.191 e. The van der Waals surface area contributed by atoms with Crippen molar-refractivity contribution >= 4 is 38.3 Å². The van der Waals surface area contributed by atoms with Gasteiger partial charge in [0.05, 0.1) is 28.5 Å². The Balaban J connectivity index is 1.39. The van der Waals surface area contributed by atoms with Crippen molar-refractivity contribution in [1.82, 2.24) is 19.3 Å². The van der Waals surface area contributed by atoms with Gasteiger partial charge in [0.15, 0.2) is 20.8 Å². The molecule has 0 N–H and O–H groups in total. The maximum Gasteiger partial charge on any atom is 0.191 e. The van der Waals surface area contributed by atoms with E-state index in [4.69, 9.17) is 0 Å². The summed E-state index contributed by atoms with van der Waals surface area (Å²) >= 11 is 1.36. The van der Waals surface area contributed by atoms with Gasteiger partial charge in [-0.3, -0.25) is 4.79 Å². The highest BCUT2D eigenvalue weighted by molar-refractivity contribution is 7.99. The van der Waals surface area contributed by atoms with E-state index >= 15 is 0 Å². The van der Waals surface area contributed by atoms with Crippen LogP contribution < -0.4 is 0 Å². The molecule has 0 saturated carbocycles. The summed E-state index contributed by atoms with van der Waals surface area (Å²) in [6.45, 7) is 0. The summed E-state index contributed by atoms with van der Waals surface area (Å²) in [6.07, 6.45) is 1.25. The van der Waals surface area contributed by atoms with Crippen LogP contribution in [0.25, 0.3) is 22.2 Å². The number of para-hydroxylation sites is 1. The van der Waals surface area contributed by atoms with Crippen LogP contribution in [0.4, 0.5) is 0 Å². The second kappa shape index (κ2) is 9.03. The molecule has 4 aromatic rings. The van der Waals surface area contributed by atoms with E-state index in [1.54, 1.807) is 0 Å². The van der Waals surface area contributed by atoms with Crippen LogP contribution in [0, 0.1) is 5.92 Å². The zero-order valence-electron chi connectivity index (χ0n) is 19.1. The highest BCUT2D eigenvalue weighted by Gasteiger charge is 2.29. The van der Waals surface area contributed by atoms with Crippen LogP contribution in [-0.2, 0) is 30.4 Å². The fourth-order valence-electron chi connectivity index (χ4n) is 4.75. The molecule has 1 aliphatic rings. The Morgan fingerprint density at radius 1 is 1.03 bits per heavy atom. The van der Waals surface area contributed by atoms with Crippen molar-refractivity contribution in [2.75, 3.05) is 17.3 Å². The summed E-state index contributed by atoms with van der Waals surface area (Å²) in [6, 6.07) is 17.9. The molecular formula is C25H26N4O3S2. The predicted octanol–water partition coefficient (Wildman–Crippen LogP) is 3.93. The van der Waals surface area contributed by atoms with Crippen molar-refractivity contribution in [1.29, 1.82) is 0 Å². The van der Waals surface area contributed by atoms with E-state index < -0.39 is 9.84 Å². The number of carbonyl (C=O) groups excluding carboxylic acids is 1. The number of nitrogens with zero attached hydrogens (tertiary/aromatic N) is 4. The van der Waals surface area contributed by atoms with Gasteiger partial charge in [0.2, 0.25) is 0 Å². The Kier molecular flexibility index (Phi) is 6.07. The first kappa shape index (κ1) is 22.9. The van der Waals surface area contributed by atoms with Gasteiger partial charge in [-0.2, -0.15) is 0 Å². The van der Waals surface area contributed by atoms with Crippen LogP contribution in [0.2, 0.25) is 0 Å². The molecular weight excluding hydrogens is 468 g/mol. The first-order valence-corrected chi connectivity index (χ1v) is 14.0. The second-order valence-corrected chi connectivity index (χ2v) is 12.0. The molecule has 34 heavy (non-hydrogen) atoms. The molecule has 0 amide bonds. The first-order valence-electron chi connectivity index (χ1n) is 11.2. The maximum atomic E-state index is 13.5. The second-order valence-electron chi connectivity index (χ2n) is 8.81. The lowest BCUT2D eigenvalue weighted by molar-refractivity contribution is 0.102. The molecule has 0 unspecified atom stereocenters.